The van der Waals surface area contributed by atoms with Gasteiger partial charge in [0.25, 0.3) is 0 Å². The number of likely N-dealkylation sites (tertiary alicyclic amines) is 1. The average Bonchev–Trinajstić information content (AvgIpc) is 2.95. The topological polar surface area (TPSA) is 40.5 Å². The standard InChI is InChI=1S/C17H25NO2/c1-2-3-5-14-7-9-15(10-8-14)12-17(20)18-11-4-6-16(18)13-19/h7-10,16,19H,2-6,11-13H2,1H3/t16-/m1/s1. The van der Waals surface area contributed by atoms with Crippen LogP contribution in [0.1, 0.15) is 43.7 Å². The predicted molar refractivity (Wildman–Crippen MR) is 80.6 cm³/mol. The highest BCUT2D eigenvalue weighted by atomic mass is 16.3. The minimum atomic E-state index is 0.0336. The van der Waals surface area contributed by atoms with Crippen LogP contribution in [0.5, 0.6) is 0 Å². The van der Waals surface area contributed by atoms with E-state index in [0.717, 1.165) is 31.4 Å². The second-order valence-corrected chi connectivity index (χ2v) is 5.66. The van der Waals surface area contributed by atoms with Crippen molar-refractivity contribution in [3.8, 4) is 0 Å². The van der Waals surface area contributed by atoms with Crippen molar-refractivity contribution in [1.29, 1.82) is 0 Å². The second-order valence-electron chi connectivity index (χ2n) is 5.66. The summed E-state index contributed by atoms with van der Waals surface area (Å²) in [6.45, 7) is 3.07. The molecule has 20 heavy (non-hydrogen) atoms. The Balaban J connectivity index is 1.90. The van der Waals surface area contributed by atoms with Crippen LogP contribution in [0.25, 0.3) is 0 Å². The summed E-state index contributed by atoms with van der Waals surface area (Å²) in [5.74, 6) is 0.142. The van der Waals surface area contributed by atoms with E-state index in [-0.39, 0.29) is 18.6 Å². The molecule has 0 unspecified atom stereocenters. The monoisotopic (exact) mass is 275 g/mol. The first kappa shape index (κ1) is 15.0. The molecule has 110 valence electrons. The second kappa shape index (κ2) is 7.44. The van der Waals surface area contributed by atoms with E-state index in [4.69, 9.17) is 0 Å². The van der Waals surface area contributed by atoms with Crippen molar-refractivity contribution in [3.05, 3.63) is 35.4 Å². The van der Waals surface area contributed by atoms with Crippen molar-refractivity contribution in [3.63, 3.8) is 0 Å². The lowest BCUT2D eigenvalue weighted by Gasteiger charge is -2.23. The van der Waals surface area contributed by atoms with Gasteiger partial charge in [0.15, 0.2) is 0 Å². The number of rotatable bonds is 6. The van der Waals surface area contributed by atoms with Crippen molar-refractivity contribution < 1.29 is 9.90 Å². The van der Waals surface area contributed by atoms with Gasteiger partial charge in [-0.25, -0.2) is 0 Å². The van der Waals surface area contributed by atoms with E-state index >= 15 is 0 Å². The first-order valence-electron chi connectivity index (χ1n) is 7.72. The van der Waals surface area contributed by atoms with Crippen LogP contribution in [0.2, 0.25) is 0 Å². The Hall–Kier alpha value is -1.35. The van der Waals surface area contributed by atoms with Crippen LogP contribution < -0.4 is 0 Å². The van der Waals surface area contributed by atoms with E-state index in [1.165, 1.54) is 18.4 Å². The number of nitrogens with zero attached hydrogens (tertiary/aromatic N) is 1. The van der Waals surface area contributed by atoms with Gasteiger partial charge in [-0.15, -0.1) is 0 Å². The Morgan fingerprint density at radius 1 is 1.30 bits per heavy atom. The van der Waals surface area contributed by atoms with Gasteiger partial charge in [0.2, 0.25) is 5.91 Å². The summed E-state index contributed by atoms with van der Waals surface area (Å²) in [6, 6.07) is 8.42. The van der Waals surface area contributed by atoms with Gasteiger partial charge in [0.05, 0.1) is 19.1 Å². The number of carbonyl (C=O) groups excluding carboxylic acids is 1. The highest BCUT2D eigenvalue weighted by Crippen LogP contribution is 2.18. The van der Waals surface area contributed by atoms with Gasteiger partial charge in [0, 0.05) is 6.54 Å². The molecule has 0 aromatic heterocycles. The van der Waals surface area contributed by atoms with Gasteiger partial charge in [-0.05, 0) is 36.8 Å². The summed E-state index contributed by atoms with van der Waals surface area (Å²) in [5, 5.41) is 9.28. The van der Waals surface area contributed by atoms with Gasteiger partial charge in [-0.2, -0.15) is 0 Å². The lowest BCUT2D eigenvalue weighted by molar-refractivity contribution is -0.131. The molecule has 2 rings (SSSR count). The SMILES string of the molecule is CCCCc1ccc(CC(=O)N2CCC[C@@H]2CO)cc1. The average molecular weight is 275 g/mol. The quantitative estimate of drug-likeness (QED) is 0.867. The van der Waals surface area contributed by atoms with Gasteiger partial charge in [0.1, 0.15) is 0 Å². The van der Waals surface area contributed by atoms with E-state index in [0.29, 0.717) is 6.42 Å². The van der Waals surface area contributed by atoms with Gasteiger partial charge in [-0.3, -0.25) is 4.79 Å². The Morgan fingerprint density at radius 3 is 2.65 bits per heavy atom. The van der Waals surface area contributed by atoms with Crippen LogP contribution in [0.15, 0.2) is 24.3 Å². The number of hydrogen-bond acceptors (Lipinski definition) is 2. The van der Waals surface area contributed by atoms with Crippen molar-refractivity contribution in [2.45, 2.75) is 51.5 Å². The molecule has 1 aliphatic heterocycles. The van der Waals surface area contributed by atoms with Crippen LogP contribution >= 0.6 is 0 Å². The molecule has 1 amide bonds. The highest BCUT2D eigenvalue weighted by molar-refractivity contribution is 5.79. The predicted octanol–water partition coefficient (Wildman–Crippen LogP) is 2.56. The number of benzene rings is 1. The van der Waals surface area contributed by atoms with Crippen molar-refractivity contribution in [2.75, 3.05) is 13.2 Å². The molecule has 1 aliphatic rings. The number of aliphatic hydroxyl groups excluding tert-OH is 1. The third kappa shape index (κ3) is 3.83. The fraction of sp³-hybridized carbons (Fsp3) is 0.588. The zero-order chi connectivity index (χ0) is 14.4. The number of aliphatic hydroxyl groups is 1. The fourth-order valence-electron chi connectivity index (χ4n) is 2.83. The van der Waals surface area contributed by atoms with Crippen LogP contribution in [-0.2, 0) is 17.6 Å². The molecule has 0 radical (unpaired) electrons. The lowest BCUT2D eigenvalue weighted by Crippen LogP contribution is -2.38. The van der Waals surface area contributed by atoms with Crippen molar-refractivity contribution in [2.24, 2.45) is 0 Å². The summed E-state index contributed by atoms with van der Waals surface area (Å²) >= 11 is 0. The third-order valence-electron chi connectivity index (χ3n) is 4.11. The first-order valence-corrected chi connectivity index (χ1v) is 7.72. The van der Waals surface area contributed by atoms with Crippen LogP contribution in [0.3, 0.4) is 0 Å². The molecule has 0 spiro atoms. The maximum atomic E-state index is 12.3. The van der Waals surface area contributed by atoms with Gasteiger partial charge < -0.3 is 10.0 Å². The smallest absolute Gasteiger partial charge is 0.227 e. The molecule has 1 fully saturated rings. The Bertz CT molecular complexity index is 427. The number of amides is 1. The maximum Gasteiger partial charge on any atom is 0.227 e. The fourth-order valence-corrected chi connectivity index (χ4v) is 2.83. The number of carbonyl (C=O) groups is 1. The van der Waals surface area contributed by atoms with E-state index in [1.54, 1.807) is 0 Å². The largest absolute Gasteiger partial charge is 0.394 e. The molecule has 1 heterocycles. The summed E-state index contributed by atoms with van der Waals surface area (Å²) in [6.07, 6.45) is 5.92. The third-order valence-corrected chi connectivity index (χ3v) is 4.11. The van der Waals surface area contributed by atoms with Gasteiger partial charge in [-0.1, -0.05) is 37.6 Å². The zero-order valence-electron chi connectivity index (χ0n) is 12.3. The Labute approximate surface area is 121 Å². The number of unbranched alkanes of at least 4 members (excludes halogenated alkanes) is 1. The maximum absolute atomic E-state index is 12.3. The van der Waals surface area contributed by atoms with Crippen LogP contribution in [0.4, 0.5) is 0 Å². The summed E-state index contributed by atoms with van der Waals surface area (Å²) in [7, 11) is 0. The minimum Gasteiger partial charge on any atom is -0.394 e. The normalized spacial score (nSPS) is 18.5. The molecule has 1 atom stereocenters. The molecule has 0 saturated carbocycles. The Morgan fingerprint density at radius 2 is 2.00 bits per heavy atom. The molecule has 3 nitrogen and oxygen atoms in total. The van der Waals surface area contributed by atoms with Crippen LogP contribution in [-0.4, -0.2) is 35.1 Å². The lowest BCUT2D eigenvalue weighted by atomic mass is 10.0. The summed E-state index contributed by atoms with van der Waals surface area (Å²) < 4.78 is 0. The molecule has 0 bridgehead atoms. The molecule has 1 saturated heterocycles. The van der Waals surface area contributed by atoms with E-state index in [2.05, 4.69) is 31.2 Å². The Kier molecular flexibility index (Phi) is 5.60. The van der Waals surface area contributed by atoms with Crippen molar-refractivity contribution in [1.82, 2.24) is 4.90 Å². The first-order chi connectivity index (χ1) is 9.74. The molecular formula is C17H25NO2. The highest BCUT2D eigenvalue weighted by Gasteiger charge is 2.27. The molecule has 1 aromatic carbocycles. The summed E-state index contributed by atoms with van der Waals surface area (Å²) in [5.41, 5.74) is 2.41. The molecule has 3 heteroatoms. The van der Waals surface area contributed by atoms with E-state index in [9.17, 15) is 9.90 Å². The van der Waals surface area contributed by atoms with Gasteiger partial charge >= 0.3 is 0 Å². The van der Waals surface area contributed by atoms with E-state index < -0.39 is 0 Å². The van der Waals surface area contributed by atoms with Crippen molar-refractivity contribution >= 4 is 5.91 Å². The molecule has 0 aliphatic carbocycles. The number of hydrogen-bond donors (Lipinski definition) is 1. The molecule has 1 aromatic rings. The minimum absolute atomic E-state index is 0.0336. The van der Waals surface area contributed by atoms with E-state index in [1.807, 2.05) is 4.90 Å². The molecule has 1 N–H and O–H groups in total. The van der Waals surface area contributed by atoms with Crippen LogP contribution in [0, 0.1) is 0 Å². The zero-order valence-corrected chi connectivity index (χ0v) is 12.3. The molecular weight excluding hydrogens is 250 g/mol. The number of aryl methyl sites for hydroxylation is 1. The summed E-state index contributed by atoms with van der Waals surface area (Å²) in [4.78, 5) is 14.1.